The number of imide groups is 1. The molecule has 8 heteroatoms. The molecule has 0 aliphatic carbocycles. The molecule has 122 valence electrons. The summed E-state index contributed by atoms with van der Waals surface area (Å²) in [7, 11) is 0. The highest BCUT2D eigenvalue weighted by Gasteiger charge is 2.11. The number of para-hydroxylation sites is 1. The fourth-order valence-corrected chi connectivity index (χ4v) is 3.73. The molecule has 0 aliphatic heterocycles. The van der Waals surface area contributed by atoms with E-state index in [1.165, 1.54) is 11.8 Å². The lowest BCUT2D eigenvalue weighted by molar-refractivity contribution is -0.119. The average Bonchev–Trinajstić information content (AvgIpc) is 3.08. The topological polar surface area (TPSA) is 98.0 Å². The highest BCUT2D eigenvalue weighted by atomic mass is 32.2. The monoisotopic (exact) mass is 358 g/mol. The van der Waals surface area contributed by atoms with Crippen molar-refractivity contribution in [2.75, 3.05) is 5.75 Å². The molecule has 3 rings (SSSR count). The molecule has 24 heavy (non-hydrogen) atoms. The number of thiophene rings is 1. The van der Waals surface area contributed by atoms with Crippen LogP contribution in [0.25, 0.3) is 21.6 Å². The van der Waals surface area contributed by atoms with Crippen molar-refractivity contribution in [2.45, 2.75) is 11.4 Å². The normalized spacial score (nSPS) is 10.7. The van der Waals surface area contributed by atoms with Gasteiger partial charge in [-0.15, -0.1) is 23.1 Å². The number of nitrogens with zero attached hydrogens (tertiary/aromatic N) is 2. The van der Waals surface area contributed by atoms with Crippen molar-refractivity contribution >= 4 is 45.9 Å². The number of thioether (sulfide) groups is 1. The molecule has 3 aromatic rings. The van der Waals surface area contributed by atoms with Crippen molar-refractivity contribution in [1.29, 1.82) is 0 Å². The number of nitrogens with two attached hydrogens (primary N) is 1. The minimum Gasteiger partial charge on any atom is -0.351 e. The van der Waals surface area contributed by atoms with Crippen molar-refractivity contribution < 1.29 is 9.59 Å². The number of carbonyl (C=O) groups excluding carboxylic acids is 2. The van der Waals surface area contributed by atoms with E-state index in [1.54, 1.807) is 11.3 Å². The molecule has 0 unspecified atom stereocenters. The van der Waals surface area contributed by atoms with Crippen LogP contribution >= 0.6 is 23.1 Å². The Morgan fingerprint density at radius 1 is 1.17 bits per heavy atom. The van der Waals surface area contributed by atoms with Crippen LogP contribution in [0.15, 0.2) is 46.8 Å². The standard InChI is InChI=1S/C16H14N4O2S2/c17-16(22)19-13(21)7-9-24-15-10-4-1-2-5-11(10)18-14(20-15)12-6-3-8-23-12/h1-6,8H,7,9H2,(H3,17,19,21,22). The lowest BCUT2D eigenvalue weighted by atomic mass is 10.2. The number of benzene rings is 1. The van der Waals surface area contributed by atoms with Gasteiger partial charge >= 0.3 is 6.03 Å². The third kappa shape index (κ3) is 3.90. The highest BCUT2D eigenvalue weighted by Crippen LogP contribution is 2.30. The highest BCUT2D eigenvalue weighted by molar-refractivity contribution is 7.99. The van der Waals surface area contributed by atoms with Gasteiger partial charge in [0.2, 0.25) is 5.91 Å². The van der Waals surface area contributed by atoms with Gasteiger partial charge in [-0.25, -0.2) is 14.8 Å². The number of nitrogens with one attached hydrogen (secondary N) is 1. The van der Waals surface area contributed by atoms with Crippen molar-refractivity contribution in [3.05, 3.63) is 41.8 Å². The zero-order valence-corrected chi connectivity index (χ0v) is 14.2. The molecule has 6 nitrogen and oxygen atoms in total. The van der Waals surface area contributed by atoms with E-state index in [0.717, 1.165) is 20.8 Å². The molecule has 3 N–H and O–H groups in total. The molecule has 0 saturated carbocycles. The predicted molar refractivity (Wildman–Crippen MR) is 95.9 cm³/mol. The van der Waals surface area contributed by atoms with Gasteiger partial charge in [-0.1, -0.05) is 24.3 Å². The van der Waals surface area contributed by atoms with E-state index in [-0.39, 0.29) is 6.42 Å². The zero-order chi connectivity index (χ0) is 16.9. The molecule has 0 radical (unpaired) electrons. The van der Waals surface area contributed by atoms with Gasteiger partial charge < -0.3 is 5.73 Å². The number of urea groups is 1. The Bertz CT molecular complexity index is 881. The minimum atomic E-state index is -0.836. The van der Waals surface area contributed by atoms with Crippen LogP contribution in [0, 0.1) is 0 Å². The Morgan fingerprint density at radius 2 is 2.00 bits per heavy atom. The molecule has 0 saturated heterocycles. The van der Waals surface area contributed by atoms with Crippen LogP contribution in [-0.2, 0) is 4.79 Å². The van der Waals surface area contributed by atoms with Crippen LogP contribution in [0.5, 0.6) is 0 Å². The maximum atomic E-state index is 11.5. The second-order valence-corrected chi connectivity index (χ2v) is 6.89. The third-order valence-electron chi connectivity index (χ3n) is 3.14. The van der Waals surface area contributed by atoms with Crippen molar-refractivity contribution in [3.8, 4) is 10.7 Å². The lowest BCUT2D eigenvalue weighted by Gasteiger charge is -2.07. The van der Waals surface area contributed by atoms with E-state index in [2.05, 4.69) is 15.3 Å². The van der Waals surface area contributed by atoms with E-state index in [1.807, 2.05) is 41.8 Å². The molecule has 1 aromatic carbocycles. The van der Waals surface area contributed by atoms with E-state index in [9.17, 15) is 9.59 Å². The van der Waals surface area contributed by atoms with Gasteiger partial charge in [-0.2, -0.15) is 0 Å². The summed E-state index contributed by atoms with van der Waals surface area (Å²) in [5, 5.41) is 5.79. The number of carbonyl (C=O) groups is 2. The van der Waals surface area contributed by atoms with Crippen LogP contribution in [0.3, 0.4) is 0 Å². The molecular weight excluding hydrogens is 344 g/mol. The number of hydrogen-bond acceptors (Lipinski definition) is 6. The fraction of sp³-hybridized carbons (Fsp3) is 0.125. The van der Waals surface area contributed by atoms with E-state index < -0.39 is 11.9 Å². The van der Waals surface area contributed by atoms with Crippen LogP contribution in [0.2, 0.25) is 0 Å². The zero-order valence-electron chi connectivity index (χ0n) is 12.6. The summed E-state index contributed by atoms with van der Waals surface area (Å²) in [6.45, 7) is 0. The minimum absolute atomic E-state index is 0.181. The second kappa shape index (κ2) is 7.41. The summed E-state index contributed by atoms with van der Waals surface area (Å²) in [6, 6.07) is 10.9. The number of aromatic nitrogens is 2. The van der Waals surface area contributed by atoms with Crippen molar-refractivity contribution in [3.63, 3.8) is 0 Å². The number of amides is 3. The molecule has 0 bridgehead atoms. The molecule has 3 amide bonds. The predicted octanol–water partition coefficient (Wildman–Crippen LogP) is 3.04. The number of hydrogen-bond donors (Lipinski definition) is 2. The van der Waals surface area contributed by atoms with Crippen LogP contribution in [-0.4, -0.2) is 27.7 Å². The Hall–Kier alpha value is -2.45. The molecule has 0 atom stereocenters. The number of fused-ring (bicyclic) bond motifs is 1. The van der Waals surface area contributed by atoms with Gasteiger partial charge in [0.15, 0.2) is 5.82 Å². The van der Waals surface area contributed by atoms with Crippen molar-refractivity contribution in [1.82, 2.24) is 15.3 Å². The van der Waals surface area contributed by atoms with E-state index >= 15 is 0 Å². The van der Waals surface area contributed by atoms with Crippen LogP contribution in [0.4, 0.5) is 4.79 Å². The Labute approximate surface area is 146 Å². The maximum Gasteiger partial charge on any atom is 0.318 e. The van der Waals surface area contributed by atoms with Gasteiger partial charge in [0.1, 0.15) is 5.03 Å². The summed E-state index contributed by atoms with van der Waals surface area (Å²) in [6.07, 6.45) is 0.181. The SMILES string of the molecule is NC(=O)NC(=O)CCSc1nc(-c2cccs2)nc2ccccc12. The smallest absolute Gasteiger partial charge is 0.318 e. The van der Waals surface area contributed by atoms with Crippen LogP contribution in [0.1, 0.15) is 6.42 Å². The second-order valence-electron chi connectivity index (χ2n) is 4.86. The van der Waals surface area contributed by atoms with Gasteiger partial charge in [0.25, 0.3) is 0 Å². The van der Waals surface area contributed by atoms with Gasteiger partial charge in [0, 0.05) is 17.6 Å². The van der Waals surface area contributed by atoms with E-state index in [0.29, 0.717) is 11.6 Å². The first-order chi connectivity index (χ1) is 11.6. The largest absolute Gasteiger partial charge is 0.351 e. The first-order valence-corrected chi connectivity index (χ1v) is 9.03. The summed E-state index contributed by atoms with van der Waals surface area (Å²) in [4.78, 5) is 32.4. The molecular formula is C16H14N4O2S2. The first-order valence-electron chi connectivity index (χ1n) is 7.16. The van der Waals surface area contributed by atoms with Gasteiger partial charge in [-0.3, -0.25) is 10.1 Å². The summed E-state index contributed by atoms with van der Waals surface area (Å²) < 4.78 is 0. The first kappa shape index (κ1) is 16.4. The lowest BCUT2D eigenvalue weighted by Crippen LogP contribution is -2.35. The summed E-state index contributed by atoms with van der Waals surface area (Å²) in [5.41, 5.74) is 5.79. The molecule has 2 aromatic heterocycles. The molecule has 2 heterocycles. The van der Waals surface area contributed by atoms with E-state index in [4.69, 9.17) is 5.73 Å². The third-order valence-corrected chi connectivity index (χ3v) is 5.00. The number of primary amides is 1. The Balaban J connectivity index is 1.83. The van der Waals surface area contributed by atoms with Gasteiger partial charge in [0.05, 0.1) is 10.4 Å². The Kier molecular flexibility index (Phi) is 5.07. The van der Waals surface area contributed by atoms with Crippen LogP contribution < -0.4 is 11.1 Å². The number of rotatable bonds is 5. The fourth-order valence-electron chi connectivity index (χ4n) is 2.11. The van der Waals surface area contributed by atoms with Gasteiger partial charge in [-0.05, 0) is 17.5 Å². The molecule has 0 aliphatic rings. The average molecular weight is 358 g/mol. The summed E-state index contributed by atoms with van der Waals surface area (Å²) >= 11 is 3.04. The van der Waals surface area contributed by atoms with Crippen molar-refractivity contribution in [2.24, 2.45) is 5.73 Å². The quantitative estimate of drug-likeness (QED) is 0.540. The summed E-state index contributed by atoms with van der Waals surface area (Å²) in [5.74, 6) is 0.768. The molecule has 0 fully saturated rings. The maximum absolute atomic E-state index is 11.5. The Morgan fingerprint density at radius 3 is 2.75 bits per heavy atom. The molecule has 0 spiro atoms.